The van der Waals surface area contributed by atoms with Gasteiger partial charge in [-0.15, -0.1) is 11.3 Å². The Kier molecular flexibility index (Phi) is 3.99. The van der Waals surface area contributed by atoms with Crippen LogP contribution in [0.5, 0.6) is 0 Å². The molecule has 0 unspecified atom stereocenters. The van der Waals surface area contributed by atoms with Gasteiger partial charge in [-0.1, -0.05) is 44.1 Å². The Balaban J connectivity index is 2.11. The van der Waals surface area contributed by atoms with Gasteiger partial charge in [0.25, 0.3) is 0 Å². The van der Waals surface area contributed by atoms with Gasteiger partial charge in [0, 0.05) is 10.4 Å². The molecule has 96 valence electrons. The molecule has 5 heteroatoms. The summed E-state index contributed by atoms with van der Waals surface area (Å²) >= 11 is 9.02. The van der Waals surface area contributed by atoms with Crippen molar-refractivity contribution in [3.8, 4) is 0 Å². The summed E-state index contributed by atoms with van der Waals surface area (Å²) in [4.78, 5) is 16.3. The summed E-state index contributed by atoms with van der Waals surface area (Å²) in [5.41, 5.74) is 0.616. The van der Waals surface area contributed by atoms with Crippen LogP contribution in [0.3, 0.4) is 0 Å². The predicted molar refractivity (Wildman–Crippen MR) is 79.8 cm³/mol. The topological polar surface area (TPSA) is 30.0 Å². The third kappa shape index (κ3) is 3.25. The van der Waals surface area contributed by atoms with Crippen LogP contribution < -0.4 is 0 Å². The van der Waals surface area contributed by atoms with Crippen molar-refractivity contribution in [1.82, 2.24) is 4.98 Å². The monoisotopic (exact) mass is 299 g/mol. The van der Waals surface area contributed by atoms with Crippen molar-refractivity contribution in [2.75, 3.05) is 5.75 Å². The first-order valence-corrected chi connectivity index (χ1v) is 7.76. The quantitative estimate of drug-likeness (QED) is 0.772. The van der Waals surface area contributed by atoms with E-state index < -0.39 is 0 Å². The number of rotatable bonds is 3. The number of nitrogens with zero attached hydrogens (tertiary/aromatic N) is 1. The molecule has 0 N–H and O–H groups in total. The van der Waals surface area contributed by atoms with Crippen molar-refractivity contribution in [1.29, 1.82) is 0 Å². The number of benzene rings is 1. The minimum absolute atomic E-state index is 0.241. The second-order valence-corrected chi connectivity index (χ2v) is 7.74. The molecule has 0 saturated carbocycles. The van der Waals surface area contributed by atoms with Gasteiger partial charge in [-0.3, -0.25) is 4.79 Å². The summed E-state index contributed by atoms with van der Waals surface area (Å²) in [5, 5.41) is 0.690. The van der Waals surface area contributed by atoms with E-state index in [1.54, 1.807) is 11.3 Å². The first-order valence-electron chi connectivity index (χ1n) is 5.58. The Labute approximate surface area is 120 Å². The lowest BCUT2D eigenvalue weighted by Crippen LogP contribution is -2.21. The molecule has 2 aromatic rings. The van der Waals surface area contributed by atoms with Crippen LogP contribution >= 0.6 is 34.7 Å². The lowest BCUT2D eigenvalue weighted by atomic mass is 9.92. The van der Waals surface area contributed by atoms with Crippen molar-refractivity contribution < 1.29 is 4.79 Å². The molecule has 0 aliphatic rings. The number of hydrogen-bond donors (Lipinski definition) is 0. The second kappa shape index (κ2) is 5.19. The average molecular weight is 300 g/mol. The molecule has 0 radical (unpaired) electrons. The van der Waals surface area contributed by atoms with E-state index in [-0.39, 0.29) is 11.2 Å². The van der Waals surface area contributed by atoms with E-state index in [2.05, 4.69) is 4.98 Å². The molecule has 18 heavy (non-hydrogen) atoms. The van der Waals surface area contributed by atoms with Crippen molar-refractivity contribution in [2.45, 2.75) is 25.1 Å². The van der Waals surface area contributed by atoms with E-state index in [1.807, 2.05) is 39.0 Å². The fourth-order valence-corrected chi connectivity index (χ4v) is 3.66. The minimum Gasteiger partial charge on any atom is -0.298 e. The first-order chi connectivity index (χ1) is 8.36. The zero-order valence-corrected chi connectivity index (χ0v) is 12.9. The lowest BCUT2D eigenvalue weighted by molar-refractivity contribution is -0.123. The molecule has 0 fully saturated rings. The lowest BCUT2D eigenvalue weighted by Gasteiger charge is -2.15. The number of halogens is 1. The molecular formula is C13H14ClNOS2. The average Bonchev–Trinajstić information content (AvgIpc) is 2.66. The van der Waals surface area contributed by atoms with Gasteiger partial charge in [0.05, 0.1) is 16.0 Å². The SMILES string of the molecule is CC(C)(C)C(=O)CSc1nc2cc(Cl)ccc2s1. The summed E-state index contributed by atoms with van der Waals surface area (Å²) in [7, 11) is 0. The molecule has 0 amide bonds. The van der Waals surface area contributed by atoms with Crippen LogP contribution in [0.15, 0.2) is 22.5 Å². The molecule has 0 bridgehead atoms. The Morgan fingerprint density at radius 2 is 2.17 bits per heavy atom. The van der Waals surface area contributed by atoms with Gasteiger partial charge < -0.3 is 0 Å². The van der Waals surface area contributed by atoms with Crippen LogP contribution in [0.2, 0.25) is 5.02 Å². The fraction of sp³-hybridized carbons (Fsp3) is 0.385. The largest absolute Gasteiger partial charge is 0.298 e. The molecule has 0 saturated heterocycles. The first kappa shape index (κ1) is 13.8. The summed E-state index contributed by atoms with van der Waals surface area (Å²) in [6.45, 7) is 5.82. The highest BCUT2D eigenvalue weighted by molar-refractivity contribution is 8.01. The number of hydrogen-bond acceptors (Lipinski definition) is 4. The summed E-state index contributed by atoms with van der Waals surface area (Å²) in [5.74, 6) is 0.710. The number of aromatic nitrogens is 1. The molecule has 2 rings (SSSR count). The number of Topliss-reactive ketones (excluding diaryl/α,β-unsaturated/α-hetero) is 1. The number of thioether (sulfide) groups is 1. The van der Waals surface area contributed by atoms with Crippen molar-refractivity contribution in [3.05, 3.63) is 23.2 Å². The third-order valence-electron chi connectivity index (χ3n) is 2.49. The van der Waals surface area contributed by atoms with Gasteiger partial charge in [0.2, 0.25) is 0 Å². The molecule has 0 atom stereocenters. The smallest absolute Gasteiger partial charge is 0.151 e. The van der Waals surface area contributed by atoms with E-state index >= 15 is 0 Å². The zero-order chi connectivity index (χ0) is 13.3. The van der Waals surface area contributed by atoms with Crippen molar-refractivity contribution >= 4 is 50.7 Å². The third-order valence-corrected chi connectivity index (χ3v) is 4.91. The van der Waals surface area contributed by atoms with Crippen LogP contribution in [-0.4, -0.2) is 16.5 Å². The van der Waals surface area contributed by atoms with E-state index in [4.69, 9.17) is 11.6 Å². The Hall–Kier alpha value is -0.580. The molecule has 0 aliphatic heterocycles. The number of thiazole rings is 1. The summed E-state index contributed by atoms with van der Waals surface area (Å²) in [6, 6.07) is 5.67. The van der Waals surface area contributed by atoms with Gasteiger partial charge >= 0.3 is 0 Å². The molecule has 0 aliphatic carbocycles. The van der Waals surface area contributed by atoms with E-state index in [0.29, 0.717) is 10.8 Å². The maximum Gasteiger partial charge on any atom is 0.151 e. The predicted octanol–water partition coefficient (Wildman–Crippen LogP) is 4.66. The number of carbonyl (C=O) groups excluding carboxylic acids is 1. The minimum atomic E-state index is -0.285. The van der Waals surface area contributed by atoms with Gasteiger partial charge in [-0.25, -0.2) is 4.98 Å². The standard InChI is InChI=1S/C13H14ClNOS2/c1-13(2,3)11(16)7-17-12-15-9-6-8(14)4-5-10(9)18-12/h4-6H,7H2,1-3H3. The number of carbonyl (C=O) groups is 1. The van der Waals surface area contributed by atoms with Gasteiger partial charge in [0.1, 0.15) is 5.78 Å². The van der Waals surface area contributed by atoms with Crippen molar-refractivity contribution in [2.24, 2.45) is 5.41 Å². The van der Waals surface area contributed by atoms with Crippen LogP contribution in [0.1, 0.15) is 20.8 Å². The Bertz CT molecular complexity index is 586. The van der Waals surface area contributed by atoms with Crippen LogP contribution in [0.25, 0.3) is 10.2 Å². The second-order valence-electron chi connectivity index (χ2n) is 5.05. The van der Waals surface area contributed by atoms with Gasteiger partial charge in [-0.2, -0.15) is 0 Å². The highest BCUT2D eigenvalue weighted by Crippen LogP contribution is 2.32. The van der Waals surface area contributed by atoms with E-state index in [0.717, 1.165) is 14.6 Å². The normalized spacial score (nSPS) is 12.0. The highest BCUT2D eigenvalue weighted by Gasteiger charge is 2.21. The van der Waals surface area contributed by atoms with Crippen molar-refractivity contribution in [3.63, 3.8) is 0 Å². The maximum absolute atomic E-state index is 11.8. The highest BCUT2D eigenvalue weighted by atomic mass is 35.5. The van der Waals surface area contributed by atoms with Crippen LogP contribution in [-0.2, 0) is 4.79 Å². The van der Waals surface area contributed by atoms with Crippen LogP contribution in [0.4, 0.5) is 0 Å². The Morgan fingerprint density at radius 1 is 1.44 bits per heavy atom. The summed E-state index contributed by atoms with van der Waals surface area (Å²) in [6.07, 6.45) is 0. The Morgan fingerprint density at radius 3 is 2.83 bits per heavy atom. The molecule has 1 heterocycles. The zero-order valence-electron chi connectivity index (χ0n) is 10.5. The van der Waals surface area contributed by atoms with E-state index in [9.17, 15) is 4.79 Å². The fourth-order valence-electron chi connectivity index (χ4n) is 1.28. The molecule has 0 spiro atoms. The van der Waals surface area contributed by atoms with Crippen LogP contribution in [0, 0.1) is 5.41 Å². The van der Waals surface area contributed by atoms with Gasteiger partial charge in [0.15, 0.2) is 4.34 Å². The number of ketones is 1. The molecule has 1 aromatic carbocycles. The van der Waals surface area contributed by atoms with E-state index in [1.165, 1.54) is 11.8 Å². The maximum atomic E-state index is 11.8. The number of fused-ring (bicyclic) bond motifs is 1. The molecule has 2 nitrogen and oxygen atoms in total. The molecular weight excluding hydrogens is 286 g/mol. The molecule has 1 aromatic heterocycles. The van der Waals surface area contributed by atoms with Gasteiger partial charge in [-0.05, 0) is 18.2 Å². The summed E-state index contributed by atoms with van der Waals surface area (Å²) < 4.78 is 2.02.